The van der Waals surface area contributed by atoms with Crippen LogP contribution in [0.2, 0.25) is 0 Å². The van der Waals surface area contributed by atoms with E-state index in [1.165, 1.54) is 6.07 Å². The van der Waals surface area contributed by atoms with Gasteiger partial charge in [-0.15, -0.1) is 6.58 Å². The van der Waals surface area contributed by atoms with Crippen LogP contribution in [0.3, 0.4) is 0 Å². The predicted molar refractivity (Wildman–Crippen MR) is 67.6 cm³/mol. The van der Waals surface area contributed by atoms with Crippen LogP contribution >= 0.6 is 0 Å². The second-order valence-corrected chi connectivity index (χ2v) is 5.57. The van der Waals surface area contributed by atoms with Crippen molar-refractivity contribution in [2.75, 3.05) is 0 Å². The summed E-state index contributed by atoms with van der Waals surface area (Å²) in [5.41, 5.74) is -0.398. The van der Waals surface area contributed by atoms with Crippen molar-refractivity contribution in [3.05, 3.63) is 42.0 Å². The topological polar surface area (TPSA) is 107 Å². The van der Waals surface area contributed by atoms with Gasteiger partial charge in [0, 0.05) is 0 Å². The fourth-order valence-electron chi connectivity index (χ4n) is 1.49. The molecule has 1 aromatic carbocycles. The van der Waals surface area contributed by atoms with Crippen molar-refractivity contribution in [1.29, 1.82) is 5.26 Å². The first-order valence-corrected chi connectivity index (χ1v) is 6.96. The zero-order valence-corrected chi connectivity index (χ0v) is 11.3. The highest BCUT2D eigenvalue weighted by Gasteiger charge is 2.29. The van der Waals surface area contributed by atoms with E-state index in [2.05, 4.69) is 6.58 Å². The van der Waals surface area contributed by atoms with Crippen LogP contribution in [0, 0.1) is 23.0 Å². The Hall–Kier alpha value is -2.31. The molecule has 0 aliphatic carbocycles. The normalized spacial score (nSPS) is 12.4. The first-order valence-electron chi connectivity index (χ1n) is 5.48. The van der Waals surface area contributed by atoms with Crippen molar-refractivity contribution < 1.29 is 27.1 Å². The van der Waals surface area contributed by atoms with E-state index in [1.54, 1.807) is 4.72 Å². The second-order valence-electron chi connectivity index (χ2n) is 3.92. The molecule has 6 nitrogen and oxygen atoms in total. The lowest BCUT2D eigenvalue weighted by Gasteiger charge is -2.14. The van der Waals surface area contributed by atoms with Gasteiger partial charge in [-0.05, 0) is 18.6 Å². The van der Waals surface area contributed by atoms with Gasteiger partial charge in [0.2, 0.25) is 10.0 Å². The van der Waals surface area contributed by atoms with E-state index in [0.717, 1.165) is 6.08 Å². The number of carboxylic acids is 1. The fourth-order valence-corrected chi connectivity index (χ4v) is 2.81. The number of nitrogens with zero attached hydrogens (tertiary/aromatic N) is 1. The van der Waals surface area contributed by atoms with Gasteiger partial charge in [0.25, 0.3) is 0 Å². The number of rotatable bonds is 6. The molecule has 0 fully saturated rings. The Kier molecular flexibility index (Phi) is 5.12. The number of carbonyl (C=O) groups is 1. The van der Waals surface area contributed by atoms with Gasteiger partial charge >= 0.3 is 5.97 Å². The summed E-state index contributed by atoms with van der Waals surface area (Å²) in [6.45, 7) is 3.26. The molecule has 0 amide bonds. The van der Waals surface area contributed by atoms with Crippen LogP contribution in [0.25, 0.3) is 0 Å². The van der Waals surface area contributed by atoms with Crippen molar-refractivity contribution in [3.63, 3.8) is 0 Å². The maximum absolute atomic E-state index is 13.7. The van der Waals surface area contributed by atoms with E-state index >= 15 is 0 Å². The van der Waals surface area contributed by atoms with Crippen molar-refractivity contribution >= 4 is 16.0 Å². The van der Waals surface area contributed by atoms with Crippen molar-refractivity contribution in [2.45, 2.75) is 17.4 Å². The van der Waals surface area contributed by atoms with E-state index < -0.39 is 44.1 Å². The van der Waals surface area contributed by atoms with Gasteiger partial charge < -0.3 is 5.11 Å². The first kappa shape index (κ1) is 16.7. The lowest BCUT2D eigenvalue weighted by Crippen LogP contribution is -2.41. The van der Waals surface area contributed by atoms with Gasteiger partial charge in [-0.2, -0.15) is 9.98 Å². The molecule has 0 spiro atoms. The van der Waals surface area contributed by atoms with Gasteiger partial charge in [-0.3, -0.25) is 4.79 Å². The zero-order chi connectivity index (χ0) is 16.2. The molecule has 2 N–H and O–H groups in total. The monoisotopic (exact) mass is 316 g/mol. The molecule has 112 valence electrons. The minimum atomic E-state index is -4.75. The third-order valence-corrected chi connectivity index (χ3v) is 3.92. The molecule has 1 aromatic rings. The molecule has 1 rings (SSSR count). The van der Waals surface area contributed by atoms with Gasteiger partial charge in [0.1, 0.15) is 17.7 Å². The summed E-state index contributed by atoms with van der Waals surface area (Å²) in [5, 5.41) is 17.4. The van der Waals surface area contributed by atoms with Crippen LogP contribution in [0.1, 0.15) is 12.0 Å². The van der Waals surface area contributed by atoms with Crippen LogP contribution in [-0.4, -0.2) is 25.5 Å². The number of carboxylic acid groups (broad SMARTS) is 1. The van der Waals surface area contributed by atoms with Gasteiger partial charge in [-0.1, -0.05) is 6.08 Å². The van der Waals surface area contributed by atoms with Gasteiger partial charge in [-0.25, -0.2) is 17.2 Å². The minimum absolute atomic E-state index is 0.270. The molecule has 0 radical (unpaired) electrons. The summed E-state index contributed by atoms with van der Waals surface area (Å²) in [7, 11) is -4.75. The smallest absolute Gasteiger partial charge is 0.322 e. The molecule has 0 bridgehead atoms. The highest BCUT2D eigenvalue weighted by atomic mass is 32.2. The van der Waals surface area contributed by atoms with Gasteiger partial charge in [0.15, 0.2) is 4.90 Å². The first-order chi connectivity index (χ1) is 9.72. The number of halogens is 2. The molecule has 0 heterocycles. The van der Waals surface area contributed by atoms with E-state index in [-0.39, 0.29) is 6.42 Å². The molecule has 0 aliphatic heterocycles. The lowest BCUT2D eigenvalue weighted by molar-refractivity contribution is -0.138. The van der Waals surface area contributed by atoms with E-state index in [4.69, 9.17) is 10.4 Å². The Morgan fingerprint density at radius 3 is 2.38 bits per heavy atom. The van der Waals surface area contributed by atoms with E-state index in [1.807, 2.05) is 0 Å². The fraction of sp³-hybridized carbons (Fsp3) is 0.167. The number of sulfonamides is 1. The Bertz CT molecular complexity index is 702. The summed E-state index contributed by atoms with van der Waals surface area (Å²) >= 11 is 0. The number of hydrogen-bond donors (Lipinski definition) is 2. The molecule has 21 heavy (non-hydrogen) atoms. The predicted octanol–water partition coefficient (Wildman–Crippen LogP) is 1.14. The van der Waals surface area contributed by atoms with Crippen LogP contribution in [0.5, 0.6) is 0 Å². The molecule has 0 aromatic heterocycles. The SMILES string of the molecule is C=CC[C@@H](NS(=O)(=O)c1c(F)cc(C#N)cc1F)C(=O)O. The van der Waals surface area contributed by atoms with Crippen molar-refractivity contribution in [3.8, 4) is 6.07 Å². The lowest BCUT2D eigenvalue weighted by atomic mass is 10.2. The standard InChI is InChI=1S/C12H10F2N2O4S/c1-2-3-10(12(17)18)16-21(19,20)11-8(13)4-7(6-15)5-9(11)14/h2,4-5,10,16H,1,3H2,(H,17,18)/t10-/m1/s1. The minimum Gasteiger partial charge on any atom is -0.480 e. The Morgan fingerprint density at radius 1 is 1.48 bits per heavy atom. The molecule has 0 saturated carbocycles. The van der Waals surface area contributed by atoms with Crippen molar-refractivity contribution in [1.82, 2.24) is 4.72 Å². The number of benzene rings is 1. The van der Waals surface area contributed by atoms with Crippen LogP contribution in [0.4, 0.5) is 8.78 Å². The number of hydrogen-bond acceptors (Lipinski definition) is 4. The Morgan fingerprint density at radius 2 is 2.00 bits per heavy atom. The Labute approximate surface area is 119 Å². The summed E-state index contributed by atoms with van der Waals surface area (Å²) < 4.78 is 52.8. The van der Waals surface area contributed by atoms with Crippen LogP contribution < -0.4 is 4.72 Å². The summed E-state index contributed by atoms with van der Waals surface area (Å²) in [6, 6.07) is 0.940. The van der Waals surface area contributed by atoms with Crippen LogP contribution in [0.15, 0.2) is 29.7 Å². The maximum atomic E-state index is 13.7. The molecule has 0 unspecified atom stereocenters. The summed E-state index contributed by atoms with van der Waals surface area (Å²) in [4.78, 5) is 9.53. The summed E-state index contributed by atoms with van der Waals surface area (Å²) in [5.74, 6) is -4.49. The molecule has 0 aliphatic rings. The average molecular weight is 316 g/mol. The van der Waals surface area contributed by atoms with Gasteiger partial charge in [0.05, 0.1) is 11.6 Å². The third kappa shape index (κ3) is 3.84. The maximum Gasteiger partial charge on any atom is 0.322 e. The second kappa shape index (κ2) is 6.43. The van der Waals surface area contributed by atoms with Crippen LogP contribution in [-0.2, 0) is 14.8 Å². The molecular weight excluding hydrogens is 306 g/mol. The van der Waals surface area contributed by atoms with Crippen molar-refractivity contribution in [2.24, 2.45) is 0 Å². The number of nitriles is 1. The number of aliphatic carboxylic acids is 1. The molecule has 1 atom stereocenters. The largest absolute Gasteiger partial charge is 0.480 e. The highest BCUT2D eigenvalue weighted by Crippen LogP contribution is 2.21. The number of nitrogens with one attached hydrogen (secondary N) is 1. The molecule has 0 saturated heterocycles. The van der Waals surface area contributed by atoms with E-state index in [0.29, 0.717) is 12.1 Å². The summed E-state index contributed by atoms with van der Waals surface area (Å²) in [6.07, 6.45) is 0.876. The zero-order valence-electron chi connectivity index (χ0n) is 10.5. The quantitative estimate of drug-likeness (QED) is 0.765. The molecule has 9 heteroatoms. The Balaban J connectivity index is 3.29. The average Bonchev–Trinajstić information content (AvgIpc) is 2.36. The molecular formula is C12H10F2N2O4S. The van der Waals surface area contributed by atoms with E-state index in [9.17, 15) is 22.0 Å². The third-order valence-electron chi connectivity index (χ3n) is 2.39. The highest BCUT2D eigenvalue weighted by molar-refractivity contribution is 7.89.